The summed E-state index contributed by atoms with van der Waals surface area (Å²) in [5.74, 6) is 0.289. The Kier molecular flexibility index (Phi) is 4.95. The highest BCUT2D eigenvalue weighted by atomic mass is 79.9. The van der Waals surface area contributed by atoms with E-state index in [1.165, 1.54) is 6.20 Å². The second kappa shape index (κ2) is 6.93. The standard InChI is InChI=1S/C14H14BrClN4OS/c15-9-3-6-22-11(9)8-17-13(21)12-10(16)7-18-14(19-12)20-4-1-2-5-20/h3,6-7H,1-2,4-5,8H2,(H,17,21). The predicted octanol–water partition coefficient (Wildman–Crippen LogP) is 3.48. The lowest BCUT2D eigenvalue weighted by atomic mass is 10.3. The monoisotopic (exact) mass is 400 g/mol. The summed E-state index contributed by atoms with van der Waals surface area (Å²) >= 11 is 11.1. The van der Waals surface area contributed by atoms with Crippen molar-refractivity contribution in [2.24, 2.45) is 0 Å². The predicted molar refractivity (Wildman–Crippen MR) is 91.7 cm³/mol. The SMILES string of the molecule is O=C(NCc1sccc1Br)c1nc(N2CCCC2)ncc1Cl. The minimum absolute atomic E-state index is 0.228. The third-order valence-corrected chi connectivity index (χ3v) is 5.64. The number of nitrogens with one attached hydrogen (secondary N) is 1. The van der Waals surface area contributed by atoms with E-state index < -0.39 is 0 Å². The number of rotatable bonds is 4. The maximum atomic E-state index is 12.3. The van der Waals surface area contributed by atoms with Crippen molar-refractivity contribution in [1.82, 2.24) is 15.3 Å². The van der Waals surface area contributed by atoms with Crippen molar-refractivity contribution < 1.29 is 4.79 Å². The summed E-state index contributed by atoms with van der Waals surface area (Å²) in [5.41, 5.74) is 0.228. The number of amides is 1. The van der Waals surface area contributed by atoms with Crippen molar-refractivity contribution >= 4 is 50.7 Å². The van der Waals surface area contributed by atoms with Crippen LogP contribution in [0, 0.1) is 0 Å². The molecule has 116 valence electrons. The van der Waals surface area contributed by atoms with E-state index in [9.17, 15) is 4.79 Å². The van der Waals surface area contributed by atoms with Crippen LogP contribution in [0.4, 0.5) is 5.95 Å². The maximum Gasteiger partial charge on any atom is 0.271 e. The molecule has 0 radical (unpaired) electrons. The molecule has 2 aromatic heterocycles. The molecular weight excluding hydrogens is 388 g/mol. The molecule has 0 spiro atoms. The van der Waals surface area contributed by atoms with E-state index in [1.54, 1.807) is 11.3 Å². The lowest BCUT2D eigenvalue weighted by Gasteiger charge is -2.15. The van der Waals surface area contributed by atoms with E-state index in [0.717, 1.165) is 35.3 Å². The molecule has 0 aliphatic carbocycles. The van der Waals surface area contributed by atoms with Gasteiger partial charge >= 0.3 is 0 Å². The molecule has 1 N–H and O–H groups in total. The lowest BCUT2D eigenvalue weighted by Crippen LogP contribution is -2.26. The average Bonchev–Trinajstić information content (AvgIpc) is 3.17. The second-order valence-corrected chi connectivity index (χ2v) is 7.20. The highest BCUT2D eigenvalue weighted by molar-refractivity contribution is 9.10. The Bertz CT molecular complexity index is 687. The number of carbonyl (C=O) groups is 1. The van der Waals surface area contributed by atoms with Crippen molar-refractivity contribution in [2.45, 2.75) is 19.4 Å². The summed E-state index contributed by atoms with van der Waals surface area (Å²) in [6.45, 7) is 2.28. The molecule has 5 nitrogen and oxygen atoms in total. The molecule has 1 aliphatic rings. The summed E-state index contributed by atoms with van der Waals surface area (Å²) < 4.78 is 0.990. The topological polar surface area (TPSA) is 58.1 Å². The van der Waals surface area contributed by atoms with Gasteiger partial charge in [-0.15, -0.1) is 11.3 Å². The maximum absolute atomic E-state index is 12.3. The van der Waals surface area contributed by atoms with Crippen LogP contribution in [0.1, 0.15) is 28.2 Å². The Hall–Kier alpha value is -1.18. The van der Waals surface area contributed by atoms with Crippen molar-refractivity contribution in [3.8, 4) is 0 Å². The van der Waals surface area contributed by atoms with Gasteiger partial charge in [-0.1, -0.05) is 11.6 Å². The molecule has 0 saturated carbocycles. The molecule has 0 aromatic carbocycles. The molecule has 0 bridgehead atoms. The van der Waals surface area contributed by atoms with Crippen LogP contribution < -0.4 is 10.2 Å². The van der Waals surface area contributed by atoms with Gasteiger partial charge in [-0.2, -0.15) is 0 Å². The van der Waals surface area contributed by atoms with Crippen LogP contribution in [0.25, 0.3) is 0 Å². The second-order valence-electron chi connectivity index (χ2n) is 4.94. The number of carbonyl (C=O) groups excluding carboxylic acids is 1. The summed E-state index contributed by atoms with van der Waals surface area (Å²) in [7, 11) is 0. The zero-order valence-corrected chi connectivity index (χ0v) is 14.8. The quantitative estimate of drug-likeness (QED) is 0.852. The molecule has 1 fully saturated rings. The van der Waals surface area contributed by atoms with Crippen LogP contribution in [-0.4, -0.2) is 29.0 Å². The molecule has 1 saturated heterocycles. The summed E-state index contributed by atoms with van der Waals surface area (Å²) in [6, 6.07) is 1.95. The van der Waals surface area contributed by atoms with Crippen molar-refractivity contribution in [1.29, 1.82) is 0 Å². The Balaban J connectivity index is 1.73. The van der Waals surface area contributed by atoms with Crippen molar-refractivity contribution in [3.05, 3.63) is 37.7 Å². The van der Waals surface area contributed by atoms with Gasteiger partial charge in [0.2, 0.25) is 5.95 Å². The van der Waals surface area contributed by atoms with Gasteiger partial charge < -0.3 is 10.2 Å². The minimum Gasteiger partial charge on any atom is -0.346 e. The zero-order valence-electron chi connectivity index (χ0n) is 11.7. The molecule has 0 unspecified atom stereocenters. The Morgan fingerprint density at radius 1 is 1.45 bits per heavy atom. The number of halogens is 2. The molecule has 3 heterocycles. The molecule has 1 amide bonds. The highest BCUT2D eigenvalue weighted by Gasteiger charge is 2.19. The number of thiophene rings is 1. The van der Waals surface area contributed by atoms with E-state index in [-0.39, 0.29) is 16.6 Å². The first kappa shape index (κ1) is 15.7. The lowest BCUT2D eigenvalue weighted by molar-refractivity contribution is 0.0946. The first-order valence-corrected chi connectivity index (χ1v) is 8.98. The van der Waals surface area contributed by atoms with E-state index in [2.05, 4.69) is 36.1 Å². The van der Waals surface area contributed by atoms with Gasteiger partial charge in [0.05, 0.1) is 17.8 Å². The molecule has 0 atom stereocenters. The Labute approximate surface area is 145 Å². The van der Waals surface area contributed by atoms with E-state index in [4.69, 9.17) is 11.6 Å². The van der Waals surface area contributed by atoms with Gasteiger partial charge in [-0.25, -0.2) is 9.97 Å². The van der Waals surface area contributed by atoms with Crippen molar-refractivity contribution in [3.63, 3.8) is 0 Å². The molecular formula is C14H14BrClN4OS. The molecule has 22 heavy (non-hydrogen) atoms. The van der Waals surface area contributed by atoms with Crippen LogP contribution >= 0.6 is 38.9 Å². The largest absolute Gasteiger partial charge is 0.346 e. The van der Waals surface area contributed by atoms with Gasteiger partial charge in [0.1, 0.15) is 0 Å². The van der Waals surface area contributed by atoms with Gasteiger partial charge in [-0.3, -0.25) is 4.79 Å². The van der Waals surface area contributed by atoms with E-state index >= 15 is 0 Å². The molecule has 2 aromatic rings. The number of nitrogens with zero attached hydrogens (tertiary/aromatic N) is 3. The van der Waals surface area contributed by atoms with Gasteiger partial charge in [-0.05, 0) is 40.2 Å². The van der Waals surface area contributed by atoms with E-state index in [0.29, 0.717) is 12.5 Å². The van der Waals surface area contributed by atoms with Crippen LogP contribution in [-0.2, 0) is 6.54 Å². The van der Waals surface area contributed by atoms with Crippen LogP contribution in [0.5, 0.6) is 0 Å². The fraction of sp³-hybridized carbons (Fsp3) is 0.357. The fourth-order valence-electron chi connectivity index (χ4n) is 2.28. The number of anilines is 1. The summed E-state index contributed by atoms with van der Waals surface area (Å²) in [6.07, 6.45) is 3.75. The number of aromatic nitrogens is 2. The average molecular weight is 402 g/mol. The van der Waals surface area contributed by atoms with Crippen molar-refractivity contribution in [2.75, 3.05) is 18.0 Å². The first-order chi connectivity index (χ1) is 10.6. The van der Waals surface area contributed by atoms with Crippen LogP contribution in [0.15, 0.2) is 22.1 Å². The molecule has 8 heteroatoms. The Morgan fingerprint density at radius 3 is 2.91 bits per heavy atom. The minimum atomic E-state index is -0.284. The zero-order chi connectivity index (χ0) is 15.5. The van der Waals surface area contributed by atoms with E-state index in [1.807, 2.05) is 11.4 Å². The first-order valence-electron chi connectivity index (χ1n) is 6.92. The molecule has 1 aliphatic heterocycles. The van der Waals surface area contributed by atoms with Gasteiger partial charge in [0, 0.05) is 22.4 Å². The number of hydrogen-bond donors (Lipinski definition) is 1. The summed E-state index contributed by atoms with van der Waals surface area (Å²) in [4.78, 5) is 24.0. The van der Waals surface area contributed by atoms with Crippen LogP contribution in [0.2, 0.25) is 5.02 Å². The van der Waals surface area contributed by atoms with Crippen LogP contribution in [0.3, 0.4) is 0 Å². The summed E-state index contributed by atoms with van der Waals surface area (Å²) in [5, 5.41) is 5.09. The van der Waals surface area contributed by atoms with Gasteiger partial charge in [0.15, 0.2) is 5.69 Å². The Morgan fingerprint density at radius 2 is 2.23 bits per heavy atom. The third kappa shape index (κ3) is 3.42. The van der Waals surface area contributed by atoms with Gasteiger partial charge in [0.25, 0.3) is 5.91 Å². The smallest absolute Gasteiger partial charge is 0.271 e. The fourth-order valence-corrected chi connectivity index (χ4v) is 3.89. The highest BCUT2D eigenvalue weighted by Crippen LogP contribution is 2.23. The normalized spacial score (nSPS) is 14.4. The number of hydrogen-bond acceptors (Lipinski definition) is 5. The third-order valence-electron chi connectivity index (χ3n) is 3.44. The molecule has 3 rings (SSSR count).